The lowest BCUT2D eigenvalue weighted by Gasteiger charge is -2.36. The Hall–Kier alpha value is -0.0800. The Bertz CT molecular complexity index is 154. The van der Waals surface area contributed by atoms with Crippen LogP contribution in [0.4, 0.5) is 0 Å². The van der Waals surface area contributed by atoms with E-state index in [0.29, 0.717) is 0 Å². The van der Waals surface area contributed by atoms with E-state index in [9.17, 15) is 0 Å². The third-order valence-corrected chi connectivity index (χ3v) is 3.49. The van der Waals surface area contributed by atoms with E-state index in [1.165, 1.54) is 32.1 Å². The highest BCUT2D eigenvalue weighted by Gasteiger charge is 2.27. The van der Waals surface area contributed by atoms with Gasteiger partial charge in [-0.1, -0.05) is 6.42 Å². The Morgan fingerprint density at radius 2 is 1.85 bits per heavy atom. The maximum Gasteiger partial charge on any atom is 0.0469 e. The first-order chi connectivity index (χ1) is 6.36. The summed E-state index contributed by atoms with van der Waals surface area (Å²) >= 11 is 0. The number of piperidine rings is 1. The first kappa shape index (κ1) is 9.47. The Balaban J connectivity index is 1.83. The Morgan fingerprint density at radius 3 is 2.54 bits per heavy atom. The van der Waals surface area contributed by atoms with E-state index in [4.69, 9.17) is 4.74 Å². The summed E-state index contributed by atoms with van der Waals surface area (Å²) in [5, 5.41) is 3.73. The molecule has 2 fully saturated rings. The number of hydrogen-bond donors (Lipinski definition) is 1. The van der Waals surface area contributed by atoms with Crippen LogP contribution in [0.25, 0.3) is 0 Å². The highest BCUT2D eigenvalue weighted by molar-refractivity contribution is 4.84. The standard InChI is InChI=1S/C11H21NO/c1-9-3-2-4-11(12-9)10-5-7-13-8-6-10/h9-12H,2-8H2,1H3. The monoisotopic (exact) mass is 183 g/mol. The molecule has 2 atom stereocenters. The second-order valence-electron chi connectivity index (χ2n) is 4.55. The van der Waals surface area contributed by atoms with Crippen LogP contribution in [0, 0.1) is 5.92 Å². The summed E-state index contributed by atoms with van der Waals surface area (Å²) in [5.74, 6) is 0.886. The lowest BCUT2D eigenvalue weighted by atomic mass is 9.85. The minimum Gasteiger partial charge on any atom is -0.381 e. The van der Waals surface area contributed by atoms with E-state index < -0.39 is 0 Å². The molecular formula is C11H21NO. The zero-order chi connectivity index (χ0) is 9.10. The molecule has 2 aliphatic rings. The molecule has 0 bridgehead atoms. The van der Waals surface area contributed by atoms with Gasteiger partial charge in [0.2, 0.25) is 0 Å². The quantitative estimate of drug-likeness (QED) is 0.671. The van der Waals surface area contributed by atoms with Crippen LogP contribution in [0.3, 0.4) is 0 Å². The van der Waals surface area contributed by atoms with Crippen LogP contribution in [0.15, 0.2) is 0 Å². The molecule has 0 saturated carbocycles. The normalized spacial score (nSPS) is 37.6. The van der Waals surface area contributed by atoms with Crippen molar-refractivity contribution in [2.24, 2.45) is 5.92 Å². The van der Waals surface area contributed by atoms with Gasteiger partial charge < -0.3 is 10.1 Å². The van der Waals surface area contributed by atoms with E-state index in [1.54, 1.807) is 0 Å². The SMILES string of the molecule is CC1CCCC(C2CCOCC2)N1. The van der Waals surface area contributed by atoms with E-state index in [0.717, 1.165) is 31.2 Å². The van der Waals surface area contributed by atoms with Crippen LogP contribution < -0.4 is 5.32 Å². The van der Waals surface area contributed by atoms with Crippen molar-refractivity contribution in [2.75, 3.05) is 13.2 Å². The van der Waals surface area contributed by atoms with E-state index in [1.807, 2.05) is 0 Å². The van der Waals surface area contributed by atoms with Crippen LogP contribution in [0.5, 0.6) is 0 Å². The number of ether oxygens (including phenoxy) is 1. The van der Waals surface area contributed by atoms with Gasteiger partial charge in [0.15, 0.2) is 0 Å². The van der Waals surface area contributed by atoms with E-state index >= 15 is 0 Å². The van der Waals surface area contributed by atoms with Crippen molar-refractivity contribution in [3.63, 3.8) is 0 Å². The average molecular weight is 183 g/mol. The van der Waals surface area contributed by atoms with Crippen LogP contribution in [-0.4, -0.2) is 25.3 Å². The van der Waals surface area contributed by atoms with Gasteiger partial charge in [0.05, 0.1) is 0 Å². The third kappa shape index (κ3) is 2.44. The van der Waals surface area contributed by atoms with Crippen molar-refractivity contribution in [1.29, 1.82) is 0 Å². The zero-order valence-corrected chi connectivity index (χ0v) is 8.59. The molecule has 0 spiro atoms. The molecule has 2 aliphatic heterocycles. The molecule has 2 nitrogen and oxygen atoms in total. The molecule has 2 unspecified atom stereocenters. The van der Waals surface area contributed by atoms with Gasteiger partial charge in [-0.2, -0.15) is 0 Å². The van der Waals surface area contributed by atoms with Gasteiger partial charge >= 0.3 is 0 Å². The molecule has 0 aromatic carbocycles. The highest BCUT2D eigenvalue weighted by atomic mass is 16.5. The van der Waals surface area contributed by atoms with Gasteiger partial charge in [-0.3, -0.25) is 0 Å². The Morgan fingerprint density at radius 1 is 1.08 bits per heavy atom. The van der Waals surface area contributed by atoms with Crippen LogP contribution in [0.2, 0.25) is 0 Å². The summed E-state index contributed by atoms with van der Waals surface area (Å²) < 4.78 is 5.39. The summed E-state index contributed by atoms with van der Waals surface area (Å²) in [5.41, 5.74) is 0. The molecule has 2 heteroatoms. The summed E-state index contributed by atoms with van der Waals surface area (Å²) in [4.78, 5) is 0. The number of hydrogen-bond acceptors (Lipinski definition) is 2. The van der Waals surface area contributed by atoms with Crippen LogP contribution >= 0.6 is 0 Å². The highest BCUT2D eigenvalue weighted by Crippen LogP contribution is 2.25. The lowest BCUT2D eigenvalue weighted by Crippen LogP contribution is -2.46. The predicted molar refractivity (Wildman–Crippen MR) is 53.8 cm³/mol. The molecular weight excluding hydrogens is 162 g/mol. The average Bonchev–Trinajstić information content (AvgIpc) is 2.19. The summed E-state index contributed by atoms with van der Waals surface area (Å²) in [7, 11) is 0. The van der Waals surface area contributed by atoms with Gasteiger partial charge in [-0.05, 0) is 38.5 Å². The largest absolute Gasteiger partial charge is 0.381 e. The molecule has 2 saturated heterocycles. The van der Waals surface area contributed by atoms with Crippen LogP contribution in [-0.2, 0) is 4.74 Å². The molecule has 0 aliphatic carbocycles. The first-order valence-corrected chi connectivity index (χ1v) is 5.70. The number of nitrogens with one attached hydrogen (secondary N) is 1. The van der Waals surface area contributed by atoms with Gasteiger partial charge in [0.1, 0.15) is 0 Å². The smallest absolute Gasteiger partial charge is 0.0469 e. The topological polar surface area (TPSA) is 21.3 Å². The minimum absolute atomic E-state index is 0.738. The number of rotatable bonds is 1. The van der Waals surface area contributed by atoms with Gasteiger partial charge in [0, 0.05) is 25.3 Å². The fourth-order valence-corrected chi connectivity index (χ4v) is 2.67. The van der Waals surface area contributed by atoms with Gasteiger partial charge in [-0.15, -0.1) is 0 Å². The van der Waals surface area contributed by atoms with E-state index in [2.05, 4.69) is 12.2 Å². The Labute approximate surface area is 81.0 Å². The van der Waals surface area contributed by atoms with Gasteiger partial charge in [0.25, 0.3) is 0 Å². The van der Waals surface area contributed by atoms with Crippen molar-refractivity contribution in [2.45, 2.75) is 51.1 Å². The lowest BCUT2D eigenvalue weighted by molar-refractivity contribution is 0.0472. The van der Waals surface area contributed by atoms with Gasteiger partial charge in [-0.25, -0.2) is 0 Å². The van der Waals surface area contributed by atoms with E-state index in [-0.39, 0.29) is 0 Å². The first-order valence-electron chi connectivity index (χ1n) is 5.70. The maximum atomic E-state index is 5.39. The predicted octanol–water partition coefficient (Wildman–Crippen LogP) is 1.94. The molecule has 1 N–H and O–H groups in total. The maximum absolute atomic E-state index is 5.39. The summed E-state index contributed by atoms with van der Waals surface area (Å²) in [6, 6.07) is 1.52. The fourth-order valence-electron chi connectivity index (χ4n) is 2.67. The second kappa shape index (κ2) is 4.43. The summed E-state index contributed by atoms with van der Waals surface area (Å²) in [6.07, 6.45) is 6.69. The molecule has 0 amide bonds. The van der Waals surface area contributed by atoms with Crippen molar-refractivity contribution in [3.8, 4) is 0 Å². The zero-order valence-electron chi connectivity index (χ0n) is 8.59. The van der Waals surface area contributed by atoms with Crippen molar-refractivity contribution < 1.29 is 4.74 Å². The summed E-state index contributed by atoms with van der Waals surface area (Å²) in [6.45, 7) is 4.28. The Kier molecular flexibility index (Phi) is 3.23. The molecule has 2 rings (SSSR count). The van der Waals surface area contributed by atoms with Crippen molar-refractivity contribution in [3.05, 3.63) is 0 Å². The molecule has 76 valence electrons. The minimum atomic E-state index is 0.738. The fraction of sp³-hybridized carbons (Fsp3) is 1.00. The second-order valence-corrected chi connectivity index (χ2v) is 4.55. The molecule has 0 aromatic heterocycles. The van der Waals surface area contributed by atoms with Crippen molar-refractivity contribution >= 4 is 0 Å². The molecule has 13 heavy (non-hydrogen) atoms. The molecule has 0 aromatic rings. The van der Waals surface area contributed by atoms with Crippen LogP contribution in [0.1, 0.15) is 39.0 Å². The molecule has 2 heterocycles. The van der Waals surface area contributed by atoms with Crippen molar-refractivity contribution in [1.82, 2.24) is 5.32 Å². The third-order valence-electron chi connectivity index (χ3n) is 3.49. The molecule has 0 radical (unpaired) electrons.